The van der Waals surface area contributed by atoms with E-state index < -0.39 is 0 Å². The molecule has 0 bridgehead atoms. The minimum Gasteiger partial charge on any atom is -0.493 e. The fourth-order valence-corrected chi connectivity index (χ4v) is 1.70. The standard InChI is InChI=1S/C14H23NO2/c1-4-6-12(15)10-17-13-8-7-11(5-2)9-14(13)16-3/h7-9,12H,4-6,10,15H2,1-3H3. The Labute approximate surface area is 104 Å². The molecule has 0 saturated heterocycles. The third-order valence-corrected chi connectivity index (χ3v) is 2.75. The highest BCUT2D eigenvalue weighted by atomic mass is 16.5. The van der Waals surface area contributed by atoms with Gasteiger partial charge in [-0.3, -0.25) is 0 Å². The van der Waals surface area contributed by atoms with E-state index in [0.717, 1.165) is 30.8 Å². The lowest BCUT2D eigenvalue weighted by Crippen LogP contribution is -2.27. The van der Waals surface area contributed by atoms with Crippen molar-refractivity contribution in [3.63, 3.8) is 0 Å². The van der Waals surface area contributed by atoms with Gasteiger partial charge in [0.05, 0.1) is 7.11 Å². The van der Waals surface area contributed by atoms with Crippen LogP contribution in [0.4, 0.5) is 0 Å². The van der Waals surface area contributed by atoms with E-state index in [1.54, 1.807) is 7.11 Å². The molecule has 1 aromatic carbocycles. The summed E-state index contributed by atoms with van der Waals surface area (Å²) in [6.07, 6.45) is 3.05. The summed E-state index contributed by atoms with van der Waals surface area (Å²) < 4.78 is 11.0. The Morgan fingerprint density at radius 2 is 2.00 bits per heavy atom. The molecular weight excluding hydrogens is 214 g/mol. The Kier molecular flexibility index (Phi) is 5.84. The van der Waals surface area contributed by atoms with Crippen LogP contribution in [0.15, 0.2) is 18.2 Å². The molecule has 1 atom stereocenters. The number of nitrogens with two attached hydrogens (primary N) is 1. The summed E-state index contributed by atoms with van der Waals surface area (Å²) in [5.41, 5.74) is 7.16. The molecule has 0 aliphatic carbocycles. The topological polar surface area (TPSA) is 44.5 Å². The van der Waals surface area contributed by atoms with E-state index in [-0.39, 0.29) is 6.04 Å². The van der Waals surface area contributed by atoms with Crippen molar-refractivity contribution in [3.8, 4) is 11.5 Å². The van der Waals surface area contributed by atoms with Gasteiger partial charge in [-0.05, 0) is 30.5 Å². The third kappa shape index (κ3) is 4.27. The molecule has 1 unspecified atom stereocenters. The van der Waals surface area contributed by atoms with Crippen LogP contribution in [-0.2, 0) is 6.42 Å². The Hall–Kier alpha value is -1.22. The van der Waals surface area contributed by atoms with Gasteiger partial charge in [-0.15, -0.1) is 0 Å². The zero-order valence-electron chi connectivity index (χ0n) is 11.0. The first-order valence-electron chi connectivity index (χ1n) is 6.26. The molecule has 0 aliphatic heterocycles. The second kappa shape index (κ2) is 7.17. The predicted molar refractivity (Wildman–Crippen MR) is 70.8 cm³/mol. The molecule has 2 N–H and O–H groups in total. The monoisotopic (exact) mass is 237 g/mol. The smallest absolute Gasteiger partial charge is 0.161 e. The highest BCUT2D eigenvalue weighted by molar-refractivity contribution is 5.42. The van der Waals surface area contributed by atoms with Gasteiger partial charge in [-0.2, -0.15) is 0 Å². The Morgan fingerprint density at radius 1 is 1.24 bits per heavy atom. The molecule has 0 spiro atoms. The summed E-state index contributed by atoms with van der Waals surface area (Å²) >= 11 is 0. The summed E-state index contributed by atoms with van der Waals surface area (Å²) in [4.78, 5) is 0. The van der Waals surface area contributed by atoms with Gasteiger partial charge in [0, 0.05) is 6.04 Å². The van der Waals surface area contributed by atoms with E-state index in [2.05, 4.69) is 19.9 Å². The summed E-state index contributed by atoms with van der Waals surface area (Å²) in [5, 5.41) is 0. The first-order valence-corrected chi connectivity index (χ1v) is 6.26. The number of methoxy groups -OCH3 is 1. The first-order chi connectivity index (χ1) is 8.21. The molecule has 17 heavy (non-hydrogen) atoms. The van der Waals surface area contributed by atoms with Gasteiger partial charge >= 0.3 is 0 Å². The number of aryl methyl sites for hydroxylation is 1. The van der Waals surface area contributed by atoms with Crippen LogP contribution in [-0.4, -0.2) is 19.8 Å². The van der Waals surface area contributed by atoms with Crippen LogP contribution in [0.5, 0.6) is 11.5 Å². The number of hydrogen-bond donors (Lipinski definition) is 1. The van der Waals surface area contributed by atoms with Gasteiger partial charge < -0.3 is 15.2 Å². The van der Waals surface area contributed by atoms with Crippen LogP contribution >= 0.6 is 0 Å². The molecular formula is C14H23NO2. The van der Waals surface area contributed by atoms with E-state index in [1.165, 1.54) is 5.56 Å². The maximum Gasteiger partial charge on any atom is 0.161 e. The van der Waals surface area contributed by atoms with Gasteiger partial charge in [0.2, 0.25) is 0 Å². The summed E-state index contributed by atoms with van der Waals surface area (Å²) in [6, 6.07) is 6.12. The van der Waals surface area contributed by atoms with Crippen LogP contribution in [0.2, 0.25) is 0 Å². The molecule has 96 valence electrons. The van der Waals surface area contributed by atoms with Crippen molar-refractivity contribution in [2.45, 2.75) is 39.2 Å². The number of hydrogen-bond acceptors (Lipinski definition) is 3. The first kappa shape index (κ1) is 13.8. The highest BCUT2D eigenvalue weighted by Gasteiger charge is 2.07. The average molecular weight is 237 g/mol. The van der Waals surface area contributed by atoms with Crippen molar-refractivity contribution in [3.05, 3.63) is 23.8 Å². The van der Waals surface area contributed by atoms with E-state index in [9.17, 15) is 0 Å². The molecule has 1 rings (SSSR count). The van der Waals surface area contributed by atoms with E-state index in [0.29, 0.717) is 6.61 Å². The number of rotatable bonds is 7. The normalized spacial score (nSPS) is 12.2. The maximum absolute atomic E-state index is 5.91. The third-order valence-electron chi connectivity index (χ3n) is 2.75. The second-order valence-corrected chi connectivity index (χ2v) is 4.20. The summed E-state index contributed by atoms with van der Waals surface area (Å²) in [7, 11) is 1.66. The van der Waals surface area contributed by atoms with Crippen molar-refractivity contribution < 1.29 is 9.47 Å². The van der Waals surface area contributed by atoms with Gasteiger partial charge in [0.15, 0.2) is 11.5 Å². The van der Waals surface area contributed by atoms with E-state index in [1.807, 2.05) is 12.1 Å². The van der Waals surface area contributed by atoms with Crippen molar-refractivity contribution in [2.24, 2.45) is 5.73 Å². The quantitative estimate of drug-likeness (QED) is 0.793. The number of benzene rings is 1. The van der Waals surface area contributed by atoms with Gasteiger partial charge in [-0.25, -0.2) is 0 Å². The van der Waals surface area contributed by atoms with Gasteiger partial charge in [-0.1, -0.05) is 26.3 Å². The Morgan fingerprint density at radius 3 is 2.59 bits per heavy atom. The summed E-state index contributed by atoms with van der Waals surface area (Å²) in [6.45, 7) is 4.78. The van der Waals surface area contributed by atoms with Gasteiger partial charge in [0.25, 0.3) is 0 Å². The van der Waals surface area contributed by atoms with Crippen molar-refractivity contribution in [1.29, 1.82) is 0 Å². The van der Waals surface area contributed by atoms with Crippen molar-refractivity contribution in [2.75, 3.05) is 13.7 Å². The Bertz CT molecular complexity index is 339. The minimum atomic E-state index is 0.0931. The fourth-order valence-electron chi connectivity index (χ4n) is 1.70. The molecule has 3 heteroatoms. The molecule has 0 fully saturated rings. The molecule has 0 aromatic heterocycles. The maximum atomic E-state index is 5.91. The molecule has 0 radical (unpaired) electrons. The van der Waals surface area contributed by atoms with Crippen LogP contribution in [0.1, 0.15) is 32.3 Å². The van der Waals surface area contributed by atoms with E-state index in [4.69, 9.17) is 15.2 Å². The largest absolute Gasteiger partial charge is 0.493 e. The number of ether oxygens (including phenoxy) is 2. The molecule has 1 aromatic rings. The van der Waals surface area contributed by atoms with Crippen molar-refractivity contribution >= 4 is 0 Å². The molecule has 0 amide bonds. The van der Waals surface area contributed by atoms with E-state index >= 15 is 0 Å². The van der Waals surface area contributed by atoms with Crippen molar-refractivity contribution in [1.82, 2.24) is 0 Å². The van der Waals surface area contributed by atoms with Crippen LogP contribution < -0.4 is 15.2 Å². The van der Waals surface area contributed by atoms with Crippen LogP contribution in [0.25, 0.3) is 0 Å². The second-order valence-electron chi connectivity index (χ2n) is 4.20. The van der Waals surface area contributed by atoms with Crippen LogP contribution in [0, 0.1) is 0 Å². The summed E-state index contributed by atoms with van der Waals surface area (Å²) in [5.74, 6) is 1.56. The fraction of sp³-hybridized carbons (Fsp3) is 0.571. The lowest BCUT2D eigenvalue weighted by Gasteiger charge is -2.15. The minimum absolute atomic E-state index is 0.0931. The zero-order chi connectivity index (χ0) is 12.7. The Balaban J connectivity index is 2.63. The SMILES string of the molecule is CCCC(N)COc1ccc(CC)cc1OC. The molecule has 3 nitrogen and oxygen atoms in total. The average Bonchev–Trinajstić information content (AvgIpc) is 2.36. The molecule has 0 heterocycles. The lowest BCUT2D eigenvalue weighted by atomic mass is 10.1. The molecule has 0 saturated carbocycles. The lowest BCUT2D eigenvalue weighted by molar-refractivity contribution is 0.266. The predicted octanol–water partition coefficient (Wildman–Crippen LogP) is 2.76. The van der Waals surface area contributed by atoms with Crippen LogP contribution in [0.3, 0.4) is 0 Å². The van der Waals surface area contributed by atoms with Gasteiger partial charge in [0.1, 0.15) is 6.61 Å². The highest BCUT2D eigenvalue weighted by Crippen LogP contribution is 2.28. The molecule has 0 aliphatic rings. The zero-order valence-corrected chi connectivity index (χ0v) is 11.0.